The van der Waals surface area contributed by atoms with E-state index in [1.807, 2.05) is 73.8 Å². The van der Waals surface area contributed by atoms with Gasteiger partial charge >= 0.3 is 0 Å². The largest absolute Gasteiger partial charge is 0.351 e. The van der Waals surface area contributed by atoms with Crippen LogP contribution in [-0.2, 0) is 11.3 Å². The van der Waals surface area contributed by atoms with Crippen molar-refractivity contribution in [3.8, 4) is 5.69 Å². The first-order valence-electron chi connectivity index (χ1n) is 9.53. The Labute approximate surface area is 182 Å². The van der Waals surface area contributed by atoms with Gasteiger partial charge in [-0.3, -0.25) is 14.2 Å². The van der Waals surface area contributed by atoms with Gasteiger partial charge in [0, 0.05) is 6.54 Å². The van der Waals surface area contributed by atoms with Crippen LogP contribution in [0.1, 0.15) is 16.7 Å². The van der Waals surface area contributed by atoms with Gasteiger partial charge in [0.2, 0.25) is 5.91 Å². The normalized spacial score (nSPS) is 11.0. The van der Waals surface area contributed by atoms with Crippen LogP contribution in [0.5, 0.6) is 0 Å². The summed E-state index contributed by atoms with van der Waals surface area (Å²) in [6, 6.07) is 17.6. The predicted molar refractivity (Wildman–Crippen MR) is 124 cm³/mol. The number of thiophene rings is 1. The summed E-state index contributed by atoms with van der Waals surface area (Å²) in [5.74, 6) is 0.0794. The van der Waals surface area contributed by atoms with Crippen molar-refractivity contribution in [2.45, 2.75) is 25.5 Å². The van der Waals surface area contributed by atoms with Crippen molar-refractivity contribution in [3.63, 3.8) is 0 Å². The number of aryl methyl sites for hydroxylation is 2. The number of amides is 1. The highest BCUT2D eigenvalue weighted by Crippen LogP contribution is 2.24. The second-order valence-corrected chi connectivity index (χ2v) is 8.92. The molecule has 0 saturated carbocycles. The number of carbonyl (C=O) groups is 1. The third-order valence-corrected chi connectivity index (χ3v) is 6.48. The van der Waals surface area contributed by atoms with E-state index in [0.29, 0.717) is 21.9 Å². The molecule has 2 aromatic carbocycles. The highest BCUT2D eigenvalue weighted by Gasteiger charge is 2.15. The first-order chi connectivity index (χ1) is 14.5. The van der Waals surface area contributed by atoms with E-state index < -0.39 is 0 Å². The van der Waals surface area contributed by atoms with Gasteiger partial charge in [-0.25, -0.2) is 4.98 Å². The molecule has 0 saturated heterocycles. The number of fused-ring (bicyclic) bond motifs is 1. The summed E-state index contributed by atoms with van der Waals surface area (Å²) >= 11 is 2.65. The minimum atomic E-state index is -0.108. The molecule has 152 valence electrons. The van der Waals surface area contributed by atoms with E-state index in [1.165, 1.54) is 28.7 Å². The fourth-order valence-corrected chi connectivity index (χ4v) is 4.67. The van der Waals surface area contributed by atoms with Gasteiger partial charge in [-0.05, 0) is 48.6 Å². The third-order valence-electron chi connectivity index (χ3n) is 4.65. The maximum Gasteiger partial charge on any atom is 0.276 e. The molecule has 0 aliphatic carbocycles. The van der Waals surface area contributed by atoms with E-state index in [4.69, 9.17) is 0 Å². The van der Waals surface area contributed by atoms with E-state index >= 15 is 0 Å². The van der Waals surface area contributed by atoms with E-state index in [2.05, 4.69) is 10.3 Å². The highest BCUT2D eigenvalue weighted by molar-refractivity contribution is 7.99. The van der Waals surface area contributed by atoms with Crippen molar-refractivity contribution in [2.75, 3.05) is 5.75 Å². The minimum Gasteiger partial charge on any atom is -0.351 e. The topological polar surface area (TPSA) is 64.0 Å². The first-order valence-corrected chi connectivity index (χ1v) is 11.4. The molecule has 0 aliphatic heterocycles. The number of thioether (sulfide) groups is 1. The Morgan fingerprint density at radius 2 is 1.90 bits per heavy atom. The molecular formula is C23H21N3O2S2. The molecule has 0 radical (unpaired) electrons. The average molecular weight is 436 g/mol. The Hall–Kier alpha value is -2.90. The van der Waals surface area contributed by atoms with Gasteiger partial charge in [0.05, 0.1) is 17.0 Å². The van der Waals surface area contributed by atoms with Crippen molar-refractivity contribution in [1.82, 2.24) is 14.9 Å². The molecular weight excluding hydrogens is 414 g/mol. The van der Waals surface area contributed by atoms with Crippen LogP contribution in [0.25, 0.3) is 15.9 Å². The molecule has 2 heterocycles. The Bertz CT molecular complexity index is 1260. The number of nitrogens with one attached hydrogen (secondary N) is 1. The fourth-order valence-electron chi connectivity index (χ4n) is 3.07. The van der Waals surface area contributed by atoms with Crippen molar-refractivity contribution in [3.05, 3.63) is 87.0 Å². The zero-order chi connectivity index (χ0) is 21.1. The van der Waals surface area contributed by atoms with E-state index in [0.717, 1.165) is 16.8 Å². The standard InChI is InChI=1S/C23H21N3O2S2/c1-15-6-8-17(9-7-15)13-24-20(27)14-30-23-25-19-10-11-29-21(19)22(28)26(23)18-5-3-4-16(2)12-18/h3-12H,13-14H2,1-2H3,(H,24,27). The van der Waals surface area contributed by atoms with Gasteiger partial charge < -0.3 is 5.32 Å². The van der Waals surface area contributed by atoms with Gasteiger partial charge in [-0.2, -0.15) is 0 Å². The van der Waals surface area contributed by atoms with Gasteiger partial charge in [-0.15, -0.1) is 11.3 Å². The maximum absolute atomic E-state index is 13.1. The summed E-state index contributed by atoms with van der Waals surface area (Å²) in [6.45, 7) is 4.49. The monoisotopic (exact) mass is 435 g/mol. The Morgan fingerprint density at radius 1 is 1.10 bits per heavy atom. The molecule has 2 aromatic heterocycles. The number of hydrogen-bond donors (Lipinski definition) is 1. The number of aromatic nitrogens is 2. The second kappa shape index (κ2) is 8.85. The quantitative estimate of drug-likeness (QED) is 0.358. The van der Waals surface area contributed by atoms with Crippen LogP contribution >= 0.6 is 23.1 Å². The molecule has 1 amide bonds. The van der Waals surface area contributed by atoms with Crippen LogP contribution in [0.2, 0.25) is 0 Å². The lowest BCUT2D eigenvalue weighted by molar-refractivity contribution is -0.118. The zero-order valence-corrected chi connectivity index (χ0v) is 18.3. The predicted octanol–water partition coefficient (Wildman–Crippen LogP) is 4.47. The molecule has 7 heteroatoms. The molecule has 0 spiro atoms. The molecule has 0 atom stereocenters. The first kappa shape index (κ1) is 20.4. The minimum absolute atomic E-state index is 0.101. The maximum atomic E-state index is 13.1. The van der Waals surface area contributed by atoms with Crippen LogP contribution in [0.3, 0.4) is 0 Å². The molecule has 1 N–H and O–H groups in total. The van der Waals surface area contributed by atoms with Crippen molar-refractivity contribution in [1.29, 1.82) is 0 Å². The van der Waals surface area contributed by atoms with Crippen LogP contribution in [-0.4, -0.2) is 21.2 Å². The van der Waals surface area contributed by atoms with Crippen molar-refractivity contribution < 1.29 is 4.79 Å². The highest BCUT2D eigenvalue weighted by atomic mass is 32.2. The van der Waals surface area contributed by atoms with Gasteiger partial charge in [0.25, 0.3) is 5.56 Å². The Morgan fingerprint density at radius 3 is 2.67 bits per heavy atom. The number of benzene rings is 2. The number of hydrogen-bond acceptors (Lipinski definition) is 5. The number of rotatable bonds is 6. The average Bonchev–Trinajstić information content (AvgIpc) is 3.21. The summed E-state index contributed by atoms with van der Waals surface area (Å²) in [5, 5.41) is 5.31. The third kappa shape index (κ3) is 4.47. The molecule has 0 fully saturated rings. The summed E-state index contributed by atoms with van der Waals surface area (Å²) < 4.78 is 2.22. The van der Waals surface area contributed by atoms with Crippen LogP contribution in [0.4, 0.5) is 0 Å². The number of nitrogens with zero attached hydrogens (tertiary/aromatic N) is 2. The molecule has 30 heavy (non-hydrogen) atoms. The molecule has 0 unspecified atom stereocenters. The summed E-state index contributed by atoms with van der Waals surface area (Å²) in [7, 11) is 0. The van der Waals surface area contributed by atoms with Crippen LogP contribution in [0, 0.1) is 13.8 Å². The lowest BCUT2D eigenvalue weighted by Crippen LogP contribution is -2.26. The van der Waals surface area contributed by atoms with Gasteiger partial charge in [-0.1, -0.05) is 53.7 Å². The summed E-state index contributed by atoms with van der Waals surface area (Å²) in [5.41, 5.74) is 4.60. The smallest absolute Gasteiger partial charge is 0.276 e. The molecule has 4 rings (SSSR count). The van der Waals surface area contributed by atoms with Gasteiger partial charge in [0.15, 0.2) is 5.16 Å². The summed E-state index contributed by atoms with van der Waals surface area (Å²) in [4.78, 5) is 30.2. The fraction of sp³-hybridized carbons (Fsp3) is 0.174. The summed E-state index contributed by atoms with van der Waals surface area (Å²) in [6.07, 6.45) is 0. The van der Waals surface area contributed by atoms with Crippen LogP contribution in [0.15, 0.2) is 69.9 Å². The van der Waals surface area contributed by atoms with Crippen LogP contribution < -0.4 is 10.9 Å². The van der Waals surface area contributed by atoms with Crippen molar-refractivity contribution >= 4 is 39.2 Å². The molecule has 0 aliphatic rings. The Kier molecular flexibility index (Phi) is 6.01. The molecule has 0 bridgehead atoms. The van der Waals surface area contributed by atoms with Crippen molar-refractivity contribution in [2.24, 2.45) is 0 Å². The zero-order valence-electron chi connectivity index (χ0n) is 16.7. The van der Waals surface area contributed by atoms with E-state index in [9.17, 15) is 9.59 Å². The Balaban J connectivity index is 1.56. The molecule has 4 aromatic rings. The van der Waals surface area contributed by atoms with E-state index in [1.54, 1.807) is 4.57 Å². The lowest BCUT2D eigenvalue weighted by Gasteiger charge is -2.12. The lowest BCUT2D eigenvalue weighted by atomic mass is 10.1. The SMILES string of the molecule is Cc1ccc(CNC(=O)CSc2nc3ccsc3c(=O)n2-c2cccc(C)c2)cc1. The van der Waals surface area contributed by atoms with E-state index in [-0.39, 0.29) is 17.2 Å². The van der Waals surface area contributed by atoms with Gasteiger partial charge in [0.1, 0.15) is 4.70 Å². The second-order valence-electron chi connectivity index (χ2n) is 7.06. The molecule has 5 nitrogen and oxygen atoms in total. The number of carbonyl (C=O) groups excluding carboxylic acids is 1.